The Morgan fingerprint density at radius 3 is 2.48 bits per heavy atom. The third kappa shape index (κ3) is 3.31. The van der Waals surface area contributed by atoms with Crippen LogP contribution in [0.15, 0.2) is 66.7 Å². The number of hydrogen-bond acceptors (Lipinski definition) is 3. The lowest BCUT2D eigenvalue weighted by Gasteiger charge is -2.19. The summed E-state index contributed by atoms with van der Waals surface area (Å²) in [5, 5.41) is 1.09. The van der Waals surface area contributed by atoms with Gasteiger partial charge in [0.2, 0.25) is 0 Å². The summed E-state index contributed by atoms with van der Waals surface area (Å²) < 4.78 is 0. The molecule has 0 saturated carbocycles. The van der Waals surface area contributed by atoms with Gasteiger partial charge in [0.25, 0.3) is 0 Å². The van der Waals surface area contributed by atoms with Crippen LogP contribution in [-0.2, 0) is 0 Å². The van der Waals surface area contributed by atoms with Gasteiger partial charge in [0.15, 0.2) is 5.78 Å². The van der Waals surface area contributed by atoms with E-state index in [1.54, 1.807) is 6.08 Å². The number of ketones is 1. The van der Waals surface area contributed by atoms with Gasteiger partial charge in [0.05, 0.1) is 5.52 Å². The van der Waals surface area contributed by atoms with Gasteiger partial charge in [-0.05, 0) is 37.1 Å². The lowest BCUT2D eigenvalue weighted by molar-refractivity contribution is 0.104. The number of para-hydroxylation sites is 1. The molecular weight excluding hydrogens is 308 g/mol. The maximum Gasteiger partial charge on any atom is 0.185 e. The normalized spacial score (nSPS) is 14.5. The number of fused-ring (bicyclic) bond motifs is 1. The fourth-order valence-electron chi connectivity index (χ4n) is 3.29. The van der Waals surface area contributed by atoms with Crippen LogP contribution in [-0.4, -0.2) is 23.9 Å². The Kier molecular flexibility index (Phi) is 4.30. The Labute approximate surface area is 147 Å². The van der Waals surface area contributed by atoms with E-state index in [2.05, 4.69) is 17.0 Å². The fraction of sp³-hybridized carbons (Fsp3) is 0.182. The molecule has 1 fully saturated rings. The molecular formula is C22H20N2O. The molecule has 2 heterocycles. The van der Waals surface area contributed by atoms with Crippen LogP contribution in [0.2, 0.25) is 0 Å². The second kappa shape index (κ2) is 6.89. The predicted octanol–water partition coefficient (Wildman–Crippen LogP) is 4.73. The molecule has 0 atom stereocenters. The van der Waals surface area contributed by atoms with Crippen molar-refractivity contribution in [2.75, 3.05) is 18.0 Å². The number of rotatable bonds is 4. The van der Waals surface area contributed by atoms with E-state index < -0.39 is 0 Å². The Bertz CT molecular complexity index is 925. The highest BCUT2D eigenvalue weighted by atomic mass is 16.1. The van der Waals surface area contributed by atoms with Crippen molar-refractivity contribution < 1.29 is 4.79 Å². The first kappa shape index (κ1) is 15.6. The van der Waals surface area contributed by atoms with E-state index in [0.29, 0.717) is 5.56 Å². The van der Waals surface area contributed by atoms with Crippen LogP contribution in [0.3, 0.4) is 0 Å². The molecule has 4 rings (SSSR count). The number of carbonyl (C=O) groups is 1. The summed E-state index contributed by atoms with van der Waals surface area (Å²) in [5.74, 6) is 0.995. The standard InChI is InChI=1S/C22H20N2O/c25-21(17-8-2-1-3-9-17)13-12-19-16-18-10-4-5-11-20(18)23-22(19)24-14-6-7-15-24/h1-5,8-13,16H,6-7,14-15H2. The van der Waals surface area contributed by atoms with Gasteiger partial charge < -0.3 is 4.90 Å². The molecule has 3 nitrogen and oxygen atoms in total. The van der Waals surface area contributed by atoms with Gasteiger partial charge in [-0.3, -0.25) is 4.79 Å². The van der Waals surface area contributed by atoms with Gasteiger partial charge in [0.1, 0.15) is 5.82 Å². The van der Waals surface area contributed by atoms with Crippen molar-refractivity contribution in [3.05, 3.63) is 77.9 Å². The average Bonchev–Trinajstić information content (AvgIpc) is 3.20. The number of nitrogens with zero attached hydrogens (tertiary/aromatic N) is 2. The molecule has 1 aromatic heterocycles. The number of hydrogen-bond donors (Lipinski definition) is 0. The number of anilines is 1. The molecule has 1 saturated heterocycles. The molecule has 1 aliphatic rings. The third-order valence-electron chi connectivity index (χ3n) is 4.61. The predicted molar refractivity (Wildman–Crippen MR) is 103 cm³/mol. The van der Waals surface area contributed by atoms with Crippen molar-refractivity contribution in [1.29, 1.82) is 0 Å². The van der Waals surface area contributed by atoms with E-state index in [1.807, 2.05) is 54.6 Å². The lowest BCUT2D eigenvalue weighted by atomic mass is 10.1. The molecule has 124 valence electrons. The van der Waals surface area contributed by atoms with Crippen LogP contribution >= 0.6 is 0 Å². The molecule has 0 bridgehead atoms. The highest BCUT2D eigenvalue weighted by Gasteiger charge is 2.17. The lowest BCUT2D eigenvalue weighted by Crippen LogP contribution is -2.20. The van der Waals surface area contributed by atoms with Crippen LogP contribution in [0.5, 0.6) is 0 Å². The van der Waals surface area contributed by atoms with Gasteiger partial charge in [-0.15, -0.1) is 0 Å². The molecule has 2 aromatic carbocycles. The van der Waals surface area contributed by atoms with E-state index in [0.717, 1.165) is 35.4 Å². The van der Waals surface area contributed by atoms with E-state index >= 15 is 0 Å². The SMILES string of the molecule is O=C(C=Cc1cc2ccccc2nc1N1CCCC1)c1ccccc1. The average molecular weight is 328 g/mol. The minimum Gasteiger partial charge on any atom is -0.356 e. The van der Waals surface area contributed by atoms with Gasteiger partial charge in [-0.2, -0.15) is 0 Å². The molecule has 0 aliphatic carbocycles. The Balaban J connectivity index is 1.72. The highest BCUT2D eigenvalue weighted by Crippen LogP contribution is 2.27. The maximum absolute atomic E-state index is 12.4. The Morgan fingerprint density at radius 1 is 0.960 bits per heavy atom. The van der Waals surface area contributed by atoms with Gasteiger partial charge in [-0.1, -0.05) is 48.5 Å². The van der Waals surface area contributed by atoms with Crippen molar-refractivity contribution in [1.82, 2.24) is 4.98 Å². The first-order valence-electron chi connectivity index (χ1n) is 8.73. The summed E-state index contributed by atoms with van der Waals surface area (Å²) >= 11 is 0. The topological polar surface area (TPSA) is 33.2 Å². The third-order valence-corrected chi connectivity index (χ3v) is 4.61. The molecule has 0 N–H and O–H groups in total. The number of carbonyl (C=O) groups excluding carboxylic acids is 1. The van der Waals surface area contributed by atoms with Crippen LogP contribution in [0, 0.1) is 0 Å². The molecule has 25 heavy (non-hydrogen) atoms. The summed E-state index contributed by atoms with van der Waals surface area (Å²) in [4.78, 5) is 19.6. The van der Waals surface area contributed by atoms with Gasteiger partial charge in [0, 0.05) is 29.6 Å². The number of allylic oxidation sites excluding steroid dienone is 1. The molecule has 3 heteroatoms. The summed E-state index contributed by atoms with van der Waals surface area (Å²) in [6.07, 6.45) is 5.95. The van der Waals surface area contributed by atoms with Gasteiger partial charge in [-0.25, -0.2) is 4.98 Å². The van der Waals surface area contributed by atoms with Crippen LogP contribution < -0.4 is 4.90 Å². The second-order valence-electron chi connectivity index (χ2n) is 6.35. The monoisotopic (exact) mass is 328 g/mol. The summed E-state index contributed by atoms with van der Waals surface area (Å²) in [6.45, 7) is 2.05. The minimum absolute atomic E-state index is 0.0149. The molecule has 0 radical (unpaired) electrons. The zero-order valence-corrected chi connectivity index (χ0v) is 14.1. The van der Waals surface area contributed by atoms with Crippen molar-refractivity contribution in [3.8, 4) is 0 Å². The fourth-order valence-corrected chi connectivity index (χ4v) is 3.29. The molecule has 0 unspecified atom stereocenters. The number of pyridine rings is 1. The summed E-state index contributed by atoms with van der Waals surface area (Å²) in [7, 11) is 0. The second-order valence-corrected chi connectivity index (χ2v) is 6.35. The zero-order valence-electron chi connectivity index (χ0n) is 14.1. The van der Waals surface area contributed by atoms with E-state index in [4.69, 9.17) is 4.98 Å². The van der Waals surface area contributed by atoms with Crippen molar-refractivity contribution in [2.45, 2.75) is 12.8 Å². The minimum atomic E-state index is 0.0149. The molecule has 0 spiro atoms. The van der Waals surface area contributed by atoms with E-state index in [-0.39, 0.29) is 5.78 Å². The number of aromatic nitrogens is 1. The first-order chi connectivity index (χ1) is 12.3. The smallest absolute Gasteiger partial charge is 0.185 e. The largest absolute Gasteiger partial charge is 0.356 e. The first-order valence-corrected chi connectivity index (χ1v) is 8.73. The van der Waals surface area contributed by atoms with Crippen molar-refractivity contribution in [2.24, 2.45) is 0 Å². The zero-order chi connectivity index (χ0) is 17.1. The van der Waals surface area contributed by atoms with Gasteiger partial charge >= 0.3 is 0 Å². The van der Waals surface area contributed by atoms with Crippen LogP contribution in [0.1, 0.15) is 28.8 Å². The van der Waals surface area contributed by atoms with Crippen molar-refractivity contribution in [3.63, 3.8) is 0 Å². The Morgan fingerprint density at radius 2 is 1.68 bits per heavy atom. The quantitative estimate of drug-likeness (QED) is 0.513. The van der Waals surface area contributed by atoms with Crippen LogP contribution in [0.25, 0.3) is 17.0 Å². The Hall–Kier alpha value is -2.94. The highest BCUT2D eigenvalue weighted by molar-refractivity contribution is 6.07. The van der Waals surface area contributed by atoms with Crippen molar-refractivity contribution >= 4 is 28.6 Å². The van der Waals surface area contributed by atoms with Crippen LogP contribution in [0.4, 0.5) is 5.82 Å². The summed E-state index contributed by atoms with van der Waals surface area (Å²) in [5.41, 5.74) is 2.70. The summed E-state index contributed by atoms with van der Waals surface area (Å²) in [6, 6.07) is 19.6. The van der Waals surface area contributed by atoms with E-state index in [9.17, 15) is 4.79 Å². The molecule has 0 amide bonds. The maximum atomic E-state index is 12.4. The molecule has 3 aromatic rings. The number of benzene rings is 2. The van der Waals surface area contributed by atoms with E-state index in [1.165, 1.54) is 12.8 Å². The molecule has 1 aliphatic heterocycles.